The lowest BCUT2D eigenvalue weighted by Gasteiger charge is -2.35. The topological polar surface area (TPSA) is 33.7 Å². The Hall–Kier alpha value is -1.42. The average molecular weight is 288 g/mol. The van der Waals surface area contributed by atoms with Gasteiger partial charge in [0.1, 0.15) is 0 Å². The van der Waals surface area contributed by atoms with E-state index in [1.807, 2.05) is 19.9 Å². The van der Waals surface area contributed by atoms with E-state index in [2.05, 4.69) is 22.3 Å². The summed E-state index contributed by atoms with van der Waals surface area (Å²) < 4.78 is 11.6. The molecule has 2 atom stereocenters. The number of piperidine rings is 1. The number of nitrogens with zero attached hydrogens (tertiary/aromatic N) is 1. The molecule has 1 aromatic carbocycles. The molecule has 0 radical (unpaired) electrons. The lowest BCUT2D eigenvalue weighted by Crippen LogP contribution is -2.42. The van der Waals surface area contributed by atoms with Crippen LogP contribution in [0.1, 0.15) is 39.5 Å². The molecule has 2 unspecified atom stereocenters. The predicted octanol–water partition coefficient (Wildman–Crippen LogP) is 3.23. The van der Waals surface area contributed by atoms with E-state index in [1.54, 1.807) is 0 Å². The summed E-state index contributed by atoms with van der Waals surface area (Å²) in [5.74, 6) is 1.15. The fourth-order valence-corrected chi connectivity index (χ4v) is 3.90. The molecule has 3 aliphatic rings. The molecular weight excluding hydrogens is 264 g/mol. The summed E-state index contributed by atoms with van der Waals surface area (Å²) in [5, 5.41) is 3.69. The van der Waals surface area contributed by atoms with E-state index in [0.29, 0.717) is 6.04 Å². The second-order valence-corrected chi connectivity index (χ2v) is 6.96. The van der Waals surface area contributed by atoms with Crippen molar-refractivity contribution in [3.05, 3.63) is 18.2 Å². The molecule has 3 aliphatic heterocycles. The summed E-state index contributed by atoms with van der Waals surface area (Å²) >= 11 is 0. The third-order valence-corrected chi connectivity index (χ3v) is 4.85. The van der Waals surface area contributed by atoms with Crippen molar-refractivity contribution < 1.29 is 9.47 Å². The Morgan fingerprint density at radius 3 is 2.90 bits per heavy atom. The van der Waals surface area contributed by atoms with Gasteiger partial charge in [-0.05, 0) is 44.4 Å². The molecule has 0 spiro atoms. The molecule has 1 N–H and O–H groups in total. The van der Waals surface area contributed by atoms with E-state index in [4.69, 9.17) is 9.47 Å². The van der Waals surface area contributed by atoms with Gasteiger partial charge in [0.15, 0.2) is 11.5 Å². The van der Waals surface area contributed by atoms with E-state index in [0.717, 1.165) is 23.2 Å². The normalized spacial score (nSPS) is 30.2. The van der Waals surface area contributed by atoms with Crippen LogP contribution in [-0.4, -0.2) is 35.9 Å². The zero-order valence-electron chi connectivity index (χ0n) is 12.9. The quantitative estimate of drug-likeness (QED) is 0.906. The number of rotatable bonds is 2. The molecule has 0 aliphatic carbocycles. The maximum atomic E-state index is 5.82. The Balaban J connectivity index is 1.44. The second kappa shape index (κ2) is 4.80. The zero-order valence-corrected chi connectivity index (χ0v) is 12.9. The third-order valence-electron chi connectivity index (χ3n) is 4.85. The summed E-state index contributed by atoms with van der Waals surface area (Å²) in [6.07, 6.45) is 5.24. The predicted molar refractivity (Wildman–Crippen MR) is 83.0 cm³/mol. The molecule has 0 bridgehead atoms. The van der Waals surface area contributed by atoms with Crippen molar-refractivity contribution in [2.24, 2.45) is 0 Å². The van der Waals surface area contributed by atoms with Gasteiger partial charge < -0.3 is 19.7 Å². The number of fused-ring (bicyclic) bond motifs is 2. The average Bonchev–Trinajstić information content (AvgIpc) is 2.99. The van der Waals surface area contributed by atoms with Gasteiger partial charge in [0, 0.05) is 44.2 Å². The lowest BCUT2D eigenvalue weighted by atomic mass is 9.97. The Bertz CT molecular complexity index is 544. The van der Waals surface area contributed by atoms with E-state index < -0.39 is 5.79 Å². The van der Waals surface area contributed by atoms with Crippen molar-refractivity contribution in [3.63, 3.8) is 0 Å². The van der Waals surface area contributed by atoms with Crippen LogP contribution >= 0.6 is 0 Å². The van der Waals surface area contributed by atoms with Crippen molar-refractivity contribution in [1.82, 2.24) is 4.90 Å². The van der Waals surface area contributed by atoms with Gasteiger partial charge in [0.05, 0.1) is 0 Å². The third kappa shape index (κ3) is 2.57. The van der Waals surface area contributed by atoms with E-state index in [1.165, 1.54) is 38.8 Å². The van der Waals surface area contributed by atoms with Crippen LogP contribution in [0.15, 0.2) is 18.2 Å². The van der Waals surface area contributed by atoms with E-state index in [9.17, 15) is 0 Å². The number of benzene rings is 1. The van der Waals surface area contributed by atoms with Gasteiger partial charge in [-0.1, -0.05) is 0 Å². The van der Waals surface area contributed by atoms with Gasteiger partial charge in [0.2, 0.25) is 5.79 Å². The fourth-order valence-electron chi connectivity index (χ4n) is 3.90. The Morgan fingerprint density at radius 1 is 1.14 bits per heavy atom. The highest BCUT2D eigenvalue weighted by Gasteiger charge is 2.33. The van der Waals surface area contributed by atoms with Gasteiger partial charge in [-0.25, -0.2) is 0 Å². The molecule has 4 rings (SSSR count). The molecular formula is C17H24N2O2. The summed E-state index contributed by atoms with van der Waals surface area (Å²) in [6, 6.07) is 7.56. The largest absolute Gasteiger partial charge is 0.449 e. The minimum Gasteiger partial charge on any atom is -0.449 e. The highest BCUT2D eigenvalue weighted by molar-refractivity contribution is 5.56. The Morgan fingerprint density at radius 2 is 2.00 bits per heavy atom. The fraction of sp³-hybridized carbons (Fsp3) is 0.647. The van der Waals surface area contributed by atoms with Gasteiger partial charge in [-0.3, -0.25) is 0 Å². The van der Waals surface area contributed by atoms with Crippen LogP contribution < -0.4 is 14.8 Å². The van der Waals surface area contributed by atoms with Crippen LogP contribution in [0, 0.1) is 0 Å². The van der Waals surface area contributed by atoms with Crippen molar-refractivity contribution >= 4 is 5.69 Å². The summed E-state index contributed by atoms with van der Waals surface area (Å²) in [6.45, 7) is 6.42. The molecule has 21 heavy (non-hydrogen) atoms. The number of hydrogen-bond acceptors (Lipinski definition) is 4. The summed E-state index contributed by atoms with van der Waals surface area (Å²) in [5.41, 5.74) is 1.14. The number of hydrogen-bond donors (Lipinski definition) is 1. The molecule has 114 valence electrons. The molecule has 0 aromatic heterocycles. The number of nitrogens with one attached hydrogen (secondary N) is 1. The Labute approximate surface area is 126 Å². The van der Waals surface area contributed by atoms with Crippen LogP contribution in [0.3, 0.4) is 0 Å². The first kappa shape index (κ1) is 13.3. The standard InChI is InChI=1S/C17H24N2O2/c1-17(2)20-15-6-5-12(11-16(15)21-17)18-13-7-9-19-8-3-4-14(19)10-13/h5-6,11,13-14,18H,3-4,7-10H2,1-2H3. The molecule has 2 saturated heterocycles. The first-order valence-corrected chi connectivity index (χ1v) is 8.12. The minimum absolute atomic E-state index is 0.545. The van der Waals surface area contributed by atoms with Crippen molar-refractivity contribution in [3.8, 4) is 11.5 Å². The van der Waals surface area contributed by atoms with Gasteiger partial charge in [-0.2, -0.15) is 0 Å². The monoisotopic (exact) mass is 288 g/mol. The minimum atomic E-state index is -0.545. The number of ether oxygens (including phenoxy) is 2. The van der Waals surface area contributed by atoms with E-state index in [-0.39, 0.29) is 0 Å². The molecule has 4 nitrogen and oxygen atoms in total. The van der Waals surface area contributed by atoms with Gasteiger partial charge in [-0.15, -0.1) is 0 Å². The molecule has 4 heteroatoms. The maximum Gasteiger partial charge on any atom is 0.246 e. The van der Waals surface area contributed by atoms with Crippen molar-refractivity contribution in [2.45, 2.75) is 57.4 Å². The van der Waals surface area contributed by atoms with Crippen LogP contribution in [0.25, 0.3) is 0 Å². The molecule has 1 aromatic rings. The SMILES string of the molecule is CC1(C)Oc2ccc(NC3CCN4CCCC4C3)cc2O1. The van der Waals surface area contributed by atoms with Gasteiger partial charge >= 0.3 is 0 Å². The first-order valence-electron chi connectivity index (χ1n) is 8.12. The molecule has 0 saturated carbocycles. The lowest BCUT2D eigenvalue weighted by molar-refractivity contribution is -0.0431. The van der Waals surface area contributed by atoms with Crippen LogP contribution in [0.2, 0.25) is 0 Å². The maximum absolute atomic E-state index is 5.82. The Kier molecular flexibility index (Phi) is 3.03. The summed E-state index contributed by atoms with van der Waals surface area (Å²) in [4.78, 5) is 2.65. The van der Waals surface area contributed by atoms with Gasteiger partial charge in [0.25, 0.3) is 0 Å². The molecule has 2 fully saturated rings. The highest BCUT2D eigenvalue weighted by atomic mass is 16.7. The molecule has 0 amide bonds. The highest BCUT2D eigenvalue weighted by Crippen LogP contribution is 2.41. The molecule has 3 heterocycles. The van der Waals surface area contributed by atoms with Crippen molar-refractivity contribution in [2.75, 3.05) is 18.4 Å². The number of anilines is 1. The van der Waals surface area contributed by atoms with Crippen molar-refractivity contribution in [1.29, 1.82) is 0 Å². The van der Waals surface area contributed by atoms with E-state index >= 15 is 0 Å². The van der Waals surface area contributed by atoms with Crippen LogP contribution in [-0.2, 0) is 0 Å². The first-order chi connectivity index (χ1) is 10.1. The zero-order chi connectivity index (χ0) is 14.4. The van der Waals surface area contributed by atoms with Crippen LogP contribution in [0.4, 0.5) is 5.69 Å². The van der Waals surface area contributed by atoms with Crippen LogP contribution in [0.5, 0.6) is 11.5 Å². The second-order valence-electron chi connectivity index (χ2n) is 6.96. The smallest absolute Gasteiger partial charge is 0.246 e. The summed E-state index contributed by atoms with van der Waals surface area (Å²) in [7, 11) is 0.